The first kappa shape index (κ1) is 21.4. The summed E-state index contributed by atoms with van der Waals surface area (Å²) in [6.45, 7) is 2.11. The fourth-order valence-corrected chi connectivity index (χ4v) is 3.77. The van der Waals surface area contributed by atoms with Crippen molar-refractivity contribution in [3.05, 3.63) is 77.9 Å². The summed E-state index contributed by atoms with van der Waals surface area (Å²) < 4.78 is 5.77. The van der Waals surface area contributed by atoms with E-state index in [0.717, 1.165) is 16.5 Å². The van der Waals surface area contributed by atoms with Gasteiger partial charge in [0.25, 0.3) is 5.91 Å². The van der Waals surface area contributed by atoms with Gasteiger partial charge in [0.2, 0.25) is 5.91 Å². The van der Waals surface area contributed by atoms with E-state index in [0.29, 0.717) is 38.3 Å². The zero-order valence-electron chi connectivity index (χ0n) is 17.6. The first-order chi connectivity index (χ1) is 15.5. The van der Waals surface area contributed by atoms with Crippen molar-refractivity contribution in [1.82, 2.24) is 9.80 Å². The molecule has 0 saturated carbocycles. The average molecular weight is 432 g/mol. The van der Waals surface area contributed by atoms with Crippen LogP contribution < -0.4 is 4.74 Å². The Morgan fingerprint density at radius 2 is 1.41 bits per heavy atom. The molecule has 4 rings (SSSR count). The standard InChI is InChI=1S/C25H24N2O5/c28-23(11-16-32-22-10-9-18-3-1-2-4-21(18)17-22)26-12-14-27(15-13-26)24(29)19-5-7-20(8-6-19)25(30)31/h1-10,17H,11-16H2,(H,30,31). The van der Waals surface area contributed by atoms with Gasteiger partial charge in [-0.1, -0.05) is 30.3 Å². The number of nitrogens with zero attached hydrogens (tertiary/aromatic N) is 2. The van der Waals surface area contributed by atoms with Gasteiger partial charge in [-0.2, -0.15) is 0 Å². The molecule has 1 N–H and O–H groups in total. The first-order valence-corrected chi connectivity index (χ1v) is 10.5. The molecule has 0 unspecified atom stereocenters. The molecule has 3 aromatic carbocycles. The molecule has 0 atom stereocenters. The SMILES string of the molecule is O=C(O)c1ccc(C(=O)N2CCN(C(=O)CCOc3ccc4ccccc4c3)CC2)cc1. The molecule has 0 aliphatic carbocycles. The number of aromatic carboxylic acids is 1. The van der Waals surface area contributed by atoms with Crippen molar-refractivity contribution in [3.63, 3.8) is 0 Å². The quantitative estimate of drug-likeness (QED) is 0.646. The highest BCUT2D eigenvalue weighted by atomic mass is 16.5. The van der Waals surface area contributed by atoms with Gasteiger partial charge in [-0.15, -0.1) is 0 Å². The maximum atomic E-state index is 12.6. The number of hydrogen-bond donors (Lipinski definition) is 1. The van der Waals surface area contributed by atoms with Gasteiger partial charge in [0, 0.05) is 31.7 Å². The van der Waals surface area contributed by atoms with Crippen LogP contribution in [-0.4, -0.2) is 65.5 Å². The van der Waals surface area contributed by atoms with E-state index >= 15 is 0 Å². The van der Waals surface area contributed by atoms with Gasteiger partial charge in [-0.25, -0.2) is 4.79 Å². The Balaban J connectivity index is 1.24. The van der Waals surface area contributed by atoms with Gasteiger partial charge >= 0.3 is 5.97 Å². The summed E-state index contributed by atoms with van der Waals surface area (Å²) in [6, 6.07) is 19.8. The lowest BCUT2D eigenvalue weighted by atomic mass is 10.1. The Labute approximate surface area is 185 Å². The number of carboxylic acid groups (broad SMARTS) is 1. The van der Waals surface area contributed by atoms with E-state index in [1.807, 2.05) is 42.5 Å². The van der Waals surface area contributed by atoms with Crippen molar-refractivity contribution < 1.29 is 24.2 Å². The van der Waals surface area contributed by atoms with Gasteiger partial charge < -0.3 is 19.6 Å². The topological polar surface area (TPSA) is 87.2 Å². The Hall–Kier alpha value is -3.87. The molecule has 32 heavy (non-hydrogen) atoms. The van der Waals surface area contributed by atoms with Crippen LogP contribution in [0.4, 0.5) is 0 Å². The van der Waals surface area contributed by atoms with E-state index in [4.69, 9.17) is 9.84 Å². The second kappa shape index (κ2) is 9.51. The molecule has 1 aliphatic rings. The third-order valence-electron chi connectivity index (χ3n) is 5.60. The number of carboxylic acids is 1. The predicted molar refractivity (Wildman–Crippen MR) is 120 cm³/mol. The number of carbonyl (C=O) groups excluding carboxylic acids is 2. The van der Waals surface area contributed by atoms with Gasteiger partial charge in [0.1, 0.15) is 5.75 Å². The molecule has 1 aliphatic heterocycles. The van der Waals surface area contributed by atoms with Crippen molar-refractivity contribution >= 4 is 28.6 Å². The summed E-state index contributed by atoms with van der Waals surface area (Å²) in [4.78, 5) is 39.6. The van der Waals surface area contributed by atoms with E-state index in [9.17, 15) is 14.4 Å². The maximum absolute atomic E-state index is 12.6. The minimum Gasteiger partial charge on any atom is -0.493 e. The molecule has 1 saturated heterocycles. The number of piperazine rings is 1. The van der Waals surface area contributed by atoms with Gasteiger partial charge in [-0.05, 0) is 47.2 Å². The molecule has 7 heteroatoms. The van der Waals surface area contributed by atoms with Crippen LogP contribution in [0.5, 0.6) is 5.75 Å². The minimum absolute atomic E-state index is 0.00343. The lowest BCUT2D eigenvalue weighted by Crippen LogP contribution is -2.50. The molecule has 0 bridgehead atoms. The van der Waals surface area contributed by atoms with Crippen LogP contribution in [0.1, 0.15) is 27.1 Å². The van der Waals surface area contributed by atoms with Crippen molar-refractivity contribution in [2.45, 2.75) is 6.42 Å². The first-order valence-electron chi connectivity index (χ1n) is 10.5. The summed E-state index contributed by atoms with van der Waals surface area (Å²) in [7, 11) is 0. The van der Waals surface area contributed by atoms with Crippen LogP contribution in [0.15, 0.2) is 66.7 Å². The number of rotatable bonds is 6. The van der Waals surface area contributed by atoms with Crippen LogP contribution in [0.2, 0.25) is 0 Å². The largest absolute Gasteiger partial charge is 0.493 e. The molecular weight excluding hydrogens is 408 g/mol. The van der Waals surface area contributed by atoms with Gasteiger partial charge in [0.15, 0.2) is 0 Å². The Morgan fingerprint density at radius 3 is 2.09 bits per heavy atom. The monoisotopic (exact) mass is 432 g/mol. The van der Waals surface area contributed by atoms with Crippen LogP contribution in [0, 0.1) is 0 Å². The fourth-order valence-electron chi connectivity index (χ4n) is 3.77. The van der Waals surface area contributed by atoms with Crippen molar-refractivity contribution in [2.75, 3.05) is 32.8 Å². The van der Waals surface area contributed by atoms with Gasteiger partial charge in [-0.3, -0.25) is 9.59 Å². The molecule has 164 valence electrons. The smallest absolute Gasteiger partial charge is 0.335 e. The lowest BCUT2D eigenvalue weighted by Gasteiger charge is -2.35. The number of benzene rings is 3. The predicted octanol–water partition coefficient (Wildman–Crippen LogP) is 3.29. The summed E-state index contributed by atoms with van der Waals surface area (Å²) in [6.07, 6.45) is 0.275. The minimum atomic E-state index is -1.03. The number of amides is 2. The molecule has 1 heterocycles. The zero-order chi connectivity index (χ0) is 22.5. The molecule has 7 nitrogen and oxygen atoms in total. The summed E-state index contributed by atoms with van der Waals surface area (Å²) in [5.74, 6) is -0.445. The lowest BCUT2D eigenvalue weighted by molar-refractivity contribution is -0.133. The molecule has 3 aromatic rings. The highest BCUT2D eigenvalue weighted by Crippen LogP contribution is 2.20. The number of ether oxygens (including phenoxy) is 1. The van der Waals surface area contributed by atoms with Crippen molar-refractivity contribution in [2.24, 2.45) is 0 Å². The zero-order valence-corrected chi connectivity index (χ0v) is 17.6. The highest BCUT2D eigenvalue weighted by Gasteiger charge is 2.24. The number of hydrogen-bond acceptors (Lipinski definition) is 4. The second-order valence-electron chi connectivity index (χ2n) is 7.66. The van der Waals surface area contributed by atoms with E-state index < -0.39 is 5.97 Å². The van der Waals surface area contributed by atoms with Crippen LogP contribution in [0.3, 0.4) is 0 Å². The number of fused-ring (bicyclic) bond motifs is 1. The second-order valence-corrected chi connectivity index (χ2v) is 7.66. The maximum Gasteiger partial charge on any atom is 0.335 e. The van der Waals surface area contributed by atoms with E-state index in [2.05, 4.69) is 0 Å². The van der Waals surface area contributed by atoms with E-state index in [-0.39, 0.29) is 23.8 Å². The van der Waals surface area contributed by atoms with Crippen molar-refractivity contribution in [3.8, 4) is 5.75 Å². The summed E-state index contributed by atoms with van der Waals surface area (Å²) in [5.41, 5.74) is 0.585. The third kappa shape index (κ3) is 4.88. The van der Waals surface area contributed by atoms with Crippen LogP contribution in [-0.2, 0) is 4.79 Å². The summed E-state index contributed by atoms with van der Waals surface area (Å²) >= 11 is 0. The van der Waals surface area contributed by atoms with E-state index in [1.165, 1.54) is 24.3 Å². The Bertz CT molecular complexity index is 1130. The molecule has 1 fully saturated rings. The summed E-state index contributed by atoms with van der Waals surface area (Å²) in [5, 5.41) is 11.2. The normalized spacial score (nSPS) is 13.8. The number of carbonyl (C=O) groups is 3. The third-order valence-corrected chi connectivity index (χ3v) is 5.60. The van der Waals surface area contributed by atoms with Gasteiger partial charge in [0.05, 0.1) is 18.6 Å². The Kier molecular flexibility index (Phi) is 6.35. The molecule has 0 radical (unpaired) electrons. The molecular formula is C25H24N2O5. The highest BCUT2D eigenvalue weighted by molar-refractivity contribution is 5.96. The molecule has 0 spiro atoms. The molecule has 2 amide bonds. The molecule has 0 aromatic heterocycles. The van der Waals surface area contributed by atoms with E-state index in [1.54, 1.807) is 9.80 Å². The van der Waals surface area contributed by atoms with Crippen LogP contribution in [0.25, 0.3) is 10.8 Å². The average Bonchev–Trinajstić information content (AvgIpc) is 2.83. The Morgan fingerprint density at radius 1 is 0.781 bits per heavy atom. The van der Waals surface area contributed by atoms with Crippen LogP contribution >= 0.6 is 0 Å². The van der Waals surface area contributed by atoms with Crippen molar-refractivity contribution in [1.29, 1.82) is 0 Å². The fraction of sp³-hybridized carbons (Fsp3) is 0.240.